The lowest BCUT2D eigenvalue weighted by Gasteiger charge is -2.31. The third-order valence-electron chi connectivity index (χ3n) is 7.27. The topological polar surface area (TPSA) is 132 Å². The van der Waals surface area contributed by atoms with Crippen LogP contribution in [-0.2, 0) is 30.2 Å². The second kappa shape index (κ2) is 17.0. The highest BCUT2D eigenvalue weighted by molar-refractivity contribution is 5.98. The molecule has 4 unspecified atom stereocenters. The van der Waals surface area contributed by atoms with Crippen molar-refractivity contribution in [2.24, 2.45) is 0 Å². The molecule has 1 amide bonds. The number of pyridine rings is 1. The van der Waals surface area contributed by atoms with Crippen molar-refractivity contribution >= 4 is 17.8 Å². The van der Waals surface area contributed by atoms with Crippen LogP contribution in [0.1, 0.15) is 55.6 Å². The van der Waals surface area contributed by atoms with Gasteiger partial charge in [0.15, 0.2) is 23.3 Å². The summed E-state index contributed by atoms with van der Waals surface area (Å²) >= 11 is 0. The Labute approximate surface area is 263 Å². The molecular formula is C34H40N2O9. The number of rotatable bonds is 13. The molecule has 45 heavy (non-hydrogen) atoms. The van der Waals surface area contributed by atoms with Crippen molar-refractivity contribution in [1.82, 2.24) is 10.3 Å². The number of hydrogen-bond donors (Lipinski definition) is 1. The van der Waals surface area contributed by atoms with E-state index in [2.05, 4.69) is 22.4 Å². The fourth-order valence-electron chi connectivity index (χ4n) is 5.02. The van der Waals surface area contributed by atoms with Gasteiger partial charge in [0.2, 0.25) is 6.79 Å². The molecule has 1 aliphatic heterocycles. The summed E-state index contributed by atoms with van der Waals surface area (Å²) in [6.07, 6.45) is 2.86. The molecule has 2 heterocycles. The summed E-state index contributed by atoms with van der Waals surface area (Å²) in [4.78, 5) is 42.1. The quantitative estimate of drug-likeness (QED) is 0.163. The second-order valence-electron chi connectivity index (χ2n) is 10.6. The molecule has 0 radical (unpaired) electrons. The van der Waals surface area contributed by atoms with Crippen molar-refractivity contribution in [3.63, 3.8) is 0 Å². The SMILES string of the molecule is COc1ccnc(C(=O)NC2CCCC(OCCCc3ccccc3)C(Oc3ccccc3)C(C)OC2=O)c1OCOC(C)=O. The Morgan fingerprint density at radius 2 is 1.76 bits per heavy atom. The Balaban J connectivity index is 1.47. The van der Waals surface area contributed by atoms with Crippen LogP contribution in [0.2, 0.25) is 0 Å². The van der Waals surface area contributed by atoms with E-state index in [1.54, 1.807) is 6.92 Å². The number of esters is 2. The maximum absolute atomic E-state index is 13.4. The van der Waals surface area contributed by atoms with E-state index < -0.39 is 42.9 Å². The van der Waals surface area contributed by atoms with Crippen LogP contribution in [0.3, 0.4) is 0 Å². The third kappa shape index (κ3) is 9.94. The summed E-state index contributed by atoms with van der Waals surface area (Å²) in [7, 11) is 1.40. The monoisotopic (exact) mass is 620 g/mol. The molecule has 3 aromatic rings. The lowest BCUT2D eigenvalue weighted by Crippen LogP contribution is -2.46. The van der Waals surface area contributed by atoms with E-state index in [1.807, 2.05) is 48.5 Å². The van der Waals surface area contributed by atoms with Gasteiger partial charge in [0.25, 0.3) is 5.91 Å². The minimum absolute atomic E-state index is 0.0242. The van der Waals surface area contributed by atoms with Crippen LogP contribution < -0.4 is 19.5 Å². The number of para-hydroxylation sites is 1. The summed E-state index contributed by atoms with van der Waals surface area (Å²) < 4.78 is 34.3. The van der Waals surface area contributed by atoms with Gasteiger partial charge in [-0.1, -0.05) is 48.5 Å². The van der Waals surface area contributed by atoms with Gasteiger partial charge in [0, 0.05) is 25.8 Å². The van der Waals surface area contributed by atoms with Gasteiger partial charge in [0.05, 0.1) is 13.2 Å². The van der Waals surface area contributed by atoms with E-state index in [9.17, 15) is 14.4 Å². The number of benzene rings is 2. The highest BCUT2D eigenvalue weighted by atomic mass is 16.7. The fourth-order valence-corrected chi connectivity index (χ4v) is 5.02. The molecule has 0 aliphatic carbocycles. The fraction of sp³-hybridized carbons (Fsp3) is 0.412. The first-order valence-corrected chi connectivity index (χ1v) is 15.0. The van der Waals surface area contributed by atoms with Crippen molar-refractivity contribution in [2.45, 2.75) is 70.3 Å². The molecule has 11 heteroatoms. The molecule has 0 saturated carbocycles. The van der Waals surface area contributed by atoms with Crippen LogP contribution in [0.4, 0.5) is 0 Å². The molecule has 4 atom stereocenters. The van der Waals surface area contributed by atoms with Crippen LogP contribution in [0.5, 0.6) is 17.2 Å². The molecule has 0 spiro atoms. The minimum Gasteiger partial charge on any atom is -0.493 e. The highest BCUT2D eigenvalue weighted by Gasteiger charge is 2.37. The average Bonchev–Trinajstić information content (AvgIpc) is 3.09. The number of methoxy groups -OCH3 is 1. The number of hydrogen-bond acceptors (Lipinski definition) is 10. The zero-order valence-electron chi connectivity index (χ0n) is 25.8. The summed E-state index contributed by atoms with van der Waals surface area (Å²) in [6.45, 7) is 3.06. The number of nitrogens with one attached hydrogen (secondary N) is 1. The predicted octanol–water partition coefficient (Wildman–Crippen LogP) is 4.67. The highest BCUT2D eigenvalue weighted by Crippen LogP contribution is 2.30. The van der Waals surface area contributed by atoms with Crippen LogP contribution in [0, 0.1) is 0 Å². The average molecular weight is 621 g/mol. The molecule has 2 aromatic carbocycles. The molecule has 1 aromatic heterocycles. The number of carbonyl (C=O) groups excluding carboxylic acids is 3. The normalized spacial score (nSPS) is 20.0. The van der Waals surface area contributed by atoms with Gasteiger partial charge in [-0.15, -0.1) is 0 Å². The van der Waals surface area contributed by atoms with Crippen LogP contribution in [-0.4, -0.2) is 67.7 Å². The van der Waals surface area contributed by atoms with Crippen LogP contribution in [0.25, 0.3) is 0 Å². The first-order valence-electron chi connectivity index (χ1n) is 15.0. The van der Waals surface area contributed by atoms with Crippen molar-refractivity contribution in [3.05, 3.63) is 84.2 Å². The van der Waals surface area contributed by atoms with E-state index in [1.165, 1.54) is 31.9 Å². The standard InChI is InChI=1S/C34H40N2O9/c1-23-31(45-26-15-8-5-9-16-26)29(41-21-11-14-25-12-6-4-7-13-25)18-10-17-27(34(39)44-23)36-33(38)30-32(43-22-42-24(2)37)28(40-3)19-20-35-30/h4-9,12-13,15-16,19-20,23,27,29,31H,10-11,14,17-18,21-22H2,1-3H3,(H,36,38). The van der Waals surface area contributed by atoms with E-state index >= 15 is 0 Å². The summed E-state index contributed by atoms with van der Waals surface area (Å²) in [5, 5.41) is 2.74. The van der Waals surface area contributed by atoms with Gasteiger partial charge in [-0.3, -0.25) is 9.59 Å². The molecule has 1 N–H and O–H groups in total. The Bertz CT molecular complexity index is 1390. The summed E-state index contributed by atoms with van der Waals surface area (Å²) in [5.41, 5.74) is 1.10. The molecule has 1 aliphatic rings. The van der Waals surface area contributed by atoms with Crippen LogP contribution in [0.15, 0.2) is 72.9 Å². The predicted molar refractivity (Wildman–Crippen MR) is 164 cm³/mol. The van der Waals surface area contributed by atoms with Gasteiger partial charge in [-0.25, -0.2) is 9.78 Å². The van der Waals surface area contributed by atoms with E-state index in [0.29, 0.717) is 31.6 Å². The maximum Gasteiger partial charge on any atom is 0.329 e. The number of carbonyl (C=O) groups is 3. The molecule has 1 fully saturated rings. The second-order valence-corrected chi connectivity index (χ2v) is 10.6. The van der Waals surface area contributed by atoms with Crippen molar-refractivity contribution < 1.29 is 42.8 Å². The van der Waals surface area contributed by atoms with Gasteiger partial charge in [-0.2, -0.15) is 0 Å². The first kappa shape index (κ1) is 33.3. The van der Waals surface area contributed by atoms with E-state index in [0.717, 1.165) is 12.8 Å². The van der Waals surface area contributed by atoms with Gasteiger partial charge in [0.1, 0.15) is 17.9 Å². The van der Waals surface area contributed by atoms with Gasteiger partial charge >= 0.3 is 11.9 Å². The Morgan fingerprint density at radius 3 is 2.47 bits per heavy atom. The largest absolute Gasteiger partial charge is 0.493 e. The zero-order chi connectivity index (χ0) is 32.0. The first-order chi connectivity index (χ1) is 21.9. The maximum atomic E-state index is 13.4. The number of amides is 1. The number of ether oxygens (including phenoxy) is 6. The molecule has 240 valence electrons. The zero-order valence-corrected chi connectivity index (χ0v) is 25.8. The summed E-state index contributed by atoms with van der Waals surface area (Å²) in [6, 6.07) is 20.1. The van der Waals surface area contributed by atoms with Gasteiger partial charge < -0.3 is 33.7 Å². The molecule has 11 nitrogen and oxygen atoms in total. The lowest BCUT2D eigenvalue weighted by molar-refractivity contribution is -0.159. The number of nitrogens with zero attached hydrogens (tertiary/aromatic N) is 1. The Hall–Kier alpha value is -4.64. The van der Waals surface area contributed by atoms with E-state index in [-0.39, 0.29) is 23.3 Å². The molecule has 4 rings (SSSR count). The minimum atomic E-state index is -0.969. The third-order valence-corrected chi connectivity index (χ3v) is 7.27. The van der Waals surface area contributed by atoms with Crippen molar-refractivity contribution in [2.75, 3.05) is 20.5 Å². The molecular weight excluding hydrogens is 580 g/mol. The smallest absolute Gasteiger partial charge is 0.329 e. The number of aryl methyl sites for hydroxylation is 1. The van der Waals surface area contributed by atoms with Crippen LogP contribution >= 0.6 is 0 Å². The molecule has 0 bridgehead atoms. The van der Waals surface area contributed by atoms with Crippen molar-refractivity contribution in [3.8, 4) is 17.2 Å². The van der Waals surface area contributed by atoms with Crippen molar-refractivity contribution in [1.29, 1.82) is 0 Å². The summed E-state index contributed by atoms with van der Waals surface area (Å²) in [5.74, 6) is -1.01. The Kier molecular flexibility index (Phi) is 12.6. The number of cyclic esters (lactones) is 1. The number of aromatic nitrogens is 1. The lowest BCUT2D eigenvalue weighted by atomic mass is 10.0. The van der Waals surface area contributed by atoms with E-state index in [4.69, 9.17) is 28.4 Å². The molecule has 1 saturated heterocycles. The van der Waals surface area contributed by atoms with Gasteiger partial charge in [-0.05, 0) is 56.7 Å². The Morgan fingerprint density at radius 1 is 1.02 bits per heavy atom.